The molecule has 0 saturated heterocycles. The van der Waals surface area contributed by atoms with Crippen LogP contribution in [0.25, 0.3) is 28.1 Å². The quantitative estimate of drug-likeness (QED) is 0.394. The first-order valence-corrected chi connectivity index (χ1v) is 11.4. The number of rotatable bonds is 5. The fourth-order valence-corrected chi connectivity index (χ4v) is 4.56. The summed E-state index contributed by atoms with van der Waals surface area (Å²) in [6.07, 6.45) is 7.19. The Labute approximate surface area is 201 Å². The molecule has 1 aromatic heterocycles. The summed E-state index contributed by atoms with van der Waals surface area (Å²) >= 11 is 0. The van der Waals surface area contributed by atoms with Crippen molar-refractivity contribution in [3.63, 3.8) is 0 Å². The highest BCUT2D eigenvalue weighted by Gasteiger charge is 2.26. The Balaban J connectivity index is 0.00000245. The van der Waals surface area contributed by atoms with Crippen LogP contribution in [-0.2, 0) is 13.0 Å². The second-order valence-corrected chi connectivity index (χ2v) is 8.13. The Morgan fingerprint density at radius 3 is 2.19 bits per heavy atom. The molecule has 3 nitrogen and oxygen atoms in total. The van der Waals surface area contributed by atoms with Crippen molar-refractivity contribution in [2.75, 3.05) is 6.61 Å². The molecule has 5 rings (SSSR count). The molecule has 4 aromatic rings. The van der Waals surface area contributed by atoms with E-state index in [2.05, 4.69) is 94.2 Å². The van der Waals surface area contributed by atoms with Crippen LogP contribution in [-0.4, -0.2) is 11.2 Å². The molecule has 0 amide bonds. The molecule has 1 aliphatic rings. The van der Waals surface area contributed by atoms with Crippen molar-refractivity contribution in [3.8, 4) is 33.8 Å². The van der Waals surface area contributed by atoms with Gasteiger partial charge in [-0.05, 0) is 73.7 Å². The summed E-state index contributed by atoms with van der Waals surface area (Å²) in [7, 11) is 0. The van der Waals surface area contributed by atoms with Crippen molar-refractivity contribution in [3.05, 3.63) is 90.9 Å². The van der Waals surface area contributed by atoms with Crippen LogP contribution in [0.1, 0.15) is 32.0 Å². The summed E-state index contributed by atoms with van der Waals surface area (Å²) in [5.74, 6) is 2.32. The third-order valence-electron chi connectivity index (χ3n) is 6.13. The molecular weight excluding hydrogens is 460 g/mol. The normalized spacial score (nSPS) is 13.0. The minimum absolute atomic E-state index is 0. The molecule has 0 fully saturated rings. The lowest BCUT2D eigenvalue weighted by Crippen LogP contribution is -3.00. The molecule has 0 radical (unpaired) electrons. The Morgan fingerprint density at radius 1 is 0.781 bits per heavy atom. The molecule has 4 heteroatoms. The lowest BCUT2D eigenvalue weighted by atomic mass is 10.0. The maximum absolute atomic E-state index is 5.64. The molecule has 0 spiro atoms. The average molecular weight is 489 g/mol. The van der Waals surface area contributed by atoms with Crippen LogP contribution in [0.2, 0.25) is 0 Å². The highest BCUT2D eigenvalue weighted by molar-refractivity contribution is 5.68. The molecule has 0 bridgehead atoms. The number of aromatic nitrogens is 2. The number of ether oxygens (including phenoxy) is 1. The van der Waals surface area contributed by atoms with E-state index in [1.807, 2.05) is 6.92 Å². The zero-order chi connectivity index (χ0) is 21.0. The maximum Gasteiger partial charge on any atom is 0.262 e. The molecule has 0 aliphatic carbocycles. The number of fused-ring (bicyclic) bond motifs is 1. The monoisotopic (exact) mass is 488 g/mol. The maximum atomic E-state index is 5.64. The van der Waals surface area contributed by atoms with Crippen LogP contribution < -0.4 is 26.3 Å². The highest BCUT2D eigenvalue weighted by Crippen LogP contribution is 2.27. The fourth-order valence-electron chi connectivity index (χ4n) is 4.56. The van der Waals surface area contributed by atoms with E-state index in [1.54, 1.807) is 0 Å². The van der Waals surface area contributed by atoms with Crippen molar-refractivity contribution in [2.45, 2.75) is 39.2 Å². The van der Waals surface area contributed by atoms with Gasteiger partial charge in [0.2, 0.25) is 0 Å². The van der Waals surface area contributed by atoms with Crippen LogP contribution in [0.5, 0.6) is 5.75 Å². The van der Waals surface area contributed by atoms with Crippen LogP contribution in [0, 0.1) is 0 Å². The van der Waals surface area contributed by atoms with Gasteiger partial charge >= 0.3 is 0 Å². The Morgan fingerprint density at radius 2 is 1.47 bits per heavy atom. The lowest BCUT2D eigenvalue weighted by Gasteiger charge is -2.05. The zero-order valence-electron chi connectivity index (χ0n) is 18.5. The number of hydrogen-bond donors (Lipinski definition) is 0. The van der Waals surface area contributed by atoms with Gasteiger partial charge in [0.1, 0.15) is 17.6 Å². The average Bonchev–Trinajstić information content (AvgIpc) is 3.01. The molecule has 0 atom stereocenters. The van der Waals surface area contributed by atoms with Crippen molar-refractivity contribution in [1.82, 2.24) is 4.57 Å². The number of imidazole rings is 1. The van der Waals surface area contributed by atoms with E-state index < -0.39 is 0 Å². The molecule has 2 heterocycles. The zero-order valence-corrected chi connectivity index (χ0v) is 20.1. The highest BCUT2D eigenvalue weighted by atomic mass is 79.9. The van der Waals surface area contributed by atoms with Gasteiger partial charge in [0.15, 0.2) is 5.69 Å². The van der Waals surface area contributed by atoms with Gasteiger partial charge in [-0.25, -0.2) is 4.57 Å². The van der Waals surface area contributed by atoms with Crippen LogP contribution in [0.4, 0.5) is 0 Å². The van der Waals surface area contributed by atoms with E-state index in [0.717, 1.165) is 18.7 Å². The molecule has 0 N–H and O–H groups in total. The molecular formula is C28H29BrN2O. The molecule has 0 saturated carbocycles. The Bertz CT molecular complexity index is 1150. The third kappa shape index (κ3) is 4.51. The van der Waals surface area contributed by atoms with Gasteiger partial charge in [0.25, 0.3) is 5.82 Å². The Hall–Kier alpha value is -2.85. The summed E-state index contributed by atoms with van der Waals surface area (Å²) in [5, 5.41) is 0. The molecule has 32 heavy (non-hydrogen) atoms. The van der Waals surface area contributed by atoms with Crippen LogP contribution in [0.15, 0.2) is 85.1 Å². The summed E-state index contributed by atoms with van der Waals surface area (Å²) in [5.41, 5.74) is 6.28. The van der Waals surface area contributed by atoms with Gasteiger partial charge in [-0.3, -0.25) is 0 Å². The molecule has 1 aliphatic heterocycles. The van der Waals surface area contributed by atoms with Gasteiger partial charge in [-0.1, -0.05) is 42.5 Å². The number of hydrogen-bond acceptors (Lipinski definition) is 1. The van der Waals surface area contributed by atoms with Crippen molar-refractivity contribution < 1.29 is 26.3 Å². The Kier molecular flexibility index (Phi) is 7.11. The molecule has 164 valence electrons. The fraction of sp³-hybridized carbons (Fsp3) is 0.250. The second kappa shape index (κ2) is 10.2. The van der Waals surface area contributed by atoms with Gasteiger partial charge in [-0.2, -0.15) is 4.57 Å². The molecule has 3 aromatic carbocycles. The van der Waals surface area contributed by atoms with Crippen molar-refractivity contribution in [1.29, 1.82) is 0 Å². The smallest absolute Gasteiger partial charge is 0.262 e. The lowest BCUT2D eigenvalue weighted by molar-refractivity contribution is -0.692. The van der Waals surface area contributed by atoms with Crippen LogP contribution >= 0.6 is 0 Å². The van der Waals surface area contributed by atoms with E-state index >= 15 is 0 Å². The summed E-state index contributed by atoms with van der Waals surface area (Å²) in [4.78, 5) is 0. The third-order valence-corrected chi connectivity index (χ3v) is 6.13. The molecule has 0 unspecified atom stereocenters. The van der Waals surface area contributed by atoms with Gasteiger partial charge in [0.05, 0.1) is 13.2 Å². The van der Waals surface area contributed by atoms with Gasteiger partial charge in [0, 0.05) is 12.0 Å². The van der Waals surface area contributed by atoms with E-state index in [0.29, 0.717) is 6.61 Å². The number of nitrogens with zero attached hydrogens (tertiary/aromatic N) is 2. The van der Waals surface area contributed by atoms with E-state index in [1.165, 1.54) is 53.2 Å². The van der Waals surface area contributed by atoms with Crippen molar-refractivity contribution in [2.24, 2.45) is 0 Å². The first-order valence-electron chi connectivity index (χ1n) is 11.4. The predicted octanol–water partition coefficient (Wildman–Crippen LogP) is 3.23. The number of benzene rings is 3. The van der Waals surface area contributed by atoms with E-state index in [9.17, 15) is 0 Å². The van der Waals surface area contributed by atoms with Crippen LogP contribution in [0.3, 0.4) is 0 Å². The summed E-state index contributed by atoms with van der Waals surface area (Å²) in [6.45, 7) is 3.79. The first-order chi connectivity index (χ1) is 15.3. The van der Waals surface area contributed by atoms with Gasteiger partial charge < -0.3 is 21.7 Å². The van der Waals surface area contributed by atoms with E-state index in [4.69, 9.17) is 4.74 Å². The summed E-state index contributed by atoms with van der Waals surface area (Å²) in [6, 6.07) is 28.1. The van der Waals surface area contributed by atoms with E-state index in [-0.39, 0.29) is 17.0 Å². The number of halogens is 1. The predicted molar refractivity (Wildman–Crippen MR) is 126 cm³/mol. The SMILES string of the molecule is CCOc1ccc(-n2cc(-c3ccc(-c4ccccc4)cc3)[n+]3c2CCCCC3)cc1.[Br-]. The van der Waals surface area contributed by atoms with Gasteiger partial charge in [-0.15, -0.1) is 0 Å². The second-order valence-electron chi connectivity index (χ2n) is 8.13. The minimum atomic E-state index is 0. The topological polar surface area (TPSA) is 18.0 Å². The first kappa shape index (κ1) is 22.3. The minimum Gasteiger partial charge on any atom is -1.00 e. The largest absolute Gasteiger partial charge is 1.00 e. The standard InChI is InChI=1S/C28H29N2O.BrH/c1-2-31-26-18-16-25(17-19-26)30-21-27(29-20-8-4-7-11-28(29)30)24-14-12-23(13-15-24)22-9-5-3-6-10-22;/h3,5-6,9-10,12-19,21H,2,4,7-8,11,20H2,1H3;1H/q+1;/p-1. The summed E-state index contributed by atoms with van der Waals surface area (Å²) < 4.78 is 10.5. The van der Waals surface area contributed by atoms with Crippen molar-refractivity contribution >= 4 is 0 Å².